The lowest BCUT2D eigenvalue weighted by atomic mass is 9.97. The molecule has 0 aromatic heterocycles. The molecule has 1 aliphatic rings. The summed E-state index contributed by atoms with van der Waals surface area (Å²) in [6.07, 6.45) is 2.67. The van der Waals surface area contributed by atoms with Gasteiger partial charge in [0.25, 0.3) is 0 Å². The highest BCUT2D eigenvalue weighted by Gasteiger charge is 2.56. The van der Waals surface area contributed by atoms with E-state index in [-0.39, 0.29) is 0 Å². The van der Waals surface area contributed by atoms with Gasteiger partial charge in [-0.1, -0.05) is 240 Å². The highest BCUT2D eigenvalue weighted by molar-refractivity contribution is 7.14. The van der Waals surface area contributed by atoms with Gasteiger partial charge in [-0.3, -0.25) is 0 Å². The third-order valence-electron chi connectivity index (χ3n) is 15.4. The van der Waals surface area contributed by atoms with Crippen LogP contribution in [0.2, 0.25) is 5.04 Å². The molecule has 9 aromatic carbocycles. The van der Waals surface area contributed by atoms with Gasteiger partial charge in [0.15, 0.2) is 8.07 Å². The van der Waals surface area contributed by atoms with Crippen LogP contribution in [-0.4, -0.2) is 8.07 Å². The standard InChI is InChI=1S/C69H64Si/c1-45-17-11-23-54(29-45)60-35-61(55-24-12-18-46(2)30-55)39-66(38-60)70(69(10)44-51(7)52(8)53(69)9,67-40-62(56-25-13-19-47(3)31-56)36-63(41-67)57-26-14-20-48(4)32-57)68-42-64(58-27-15-21-49(5)33-58)37-65(43-68)59-28-16-22-50(6)34-59/h11-44H,1-10H3. The van der Waals surface area contributed by atoms with Gasteiger partial charge < -0.3 is 0 Å². The van der Waals surface area contributed by atoms with E-state index in [1.54, 1.807) is 0 Å². The summed E-state index contributed by atoms with van der Waals surface area (Å²) in [6, 6.07) is 77.5. The van der Waals surface area contributed by atoms with E-state index in [1.165, 1.54) is 132 Å². The third-order valence-corrected chi connectivity index (χ3v) is 21.0. The lowest BCUT2D eigenvalue weighted by Crippen LogP contribution is -2.73. The van der Waals surface area contributed by atoms with Crippen LogP contribution in [0.4, 0.5) is 0 Å². The van der Waals surface area contributed by atoms with Crippen LogP contribution in [0.1, 0.15) is 61.1 Å². The van der Waals surface area contributed by atoms with Crippen molar-refractivity contribution < 1.29 is 0 Å². The number of hydrogen-bond donors (Lipinski definition) is 0. The molecule has 0 aliphatic heterocycles. The highest BCUT2D eigenvalue weighted by Crippen LogP contribution is 2.54. The van der Waals surface area contributed by atoms with Crippen molar-refractivity contribution in [2.75, 3.05) is 0 Å². The second-order valence-corrected chi connectivity index (χ2v) is 24.9. The molecule has 0 N–H and O–H groups in total. The second kappa shape index (κ2) is 18.5. The van der Waals surface area contributed by atoms with Crippen molar-refractivity contribution >= 4 is 23.6 Å². The number of allylic oxidation sites excluding steroid dienone is 4. The van der Waals surface area contributed by atoms with Crippen molar-refractivity contribution in [1.29, 1.82) is 0 Å². The summed E-state index contributed by atoms with van der Waals surface area (Å²) < 4.78 is 0. The van der Waals surface area contributed by atoms with Gasteiger partial charge in [-0.15, -0.1) is 0 Å². The molecule has 0 radical (unpaired) electrons. The van der Waals surface area contributed by atoms with Gasteiger partial charge in [0, 0.05) is 5.04 Å². The lowest BCUT2D eigenvalue weighted by Gasteiger charge is -2.48. The van der Waals surface area contributed by atoms with E-state index in [0.29, 0.717) is 0 Å². The fraction of sp³-hybridized carbons (Fsp3) is 0.159. The molecular formula is C69H64Si. The minimum Gasteiger partial charge on any atom is -0.0730 e. The van der Waals surface area contributed by atoms with Crippen LogP contribution in [0.5, 0.6) is 0 Å². The number of aryl methyl sites for hydroxylation is 6. The Morgan fingerprint density at radius 2 is 0.500 bits per heavy atom. The minimum absolute atomic E-state index is 0.416. The molecule has 0 amide bonds. The Labute approximate surface area is 418 Å². The van der Waals surface area contributed by atoms with Gasteiger partial charge in [0.05, 0.1) is 0 Å². The maximum absolute atomic E-state index is 3.46. The topological polar surface area (TPSA) is 0 Å². The lowest BCUT2D eigenvalue weighted by molar-refractivity contribution is 0.870. The highest BCUT2D eigenvalue weighted by atomic mass is 28.3. The fourth-order valence-electron chi connectivity index (χ4n) is 11.6. The first-order valence-electron chi connectivity index (χ1n) is 25.0. The van der Waals surface area contributed by atoms with E-state index in [2.05, 4.69) is 276 Å². The SMILES string of the molecule is CC1=CC(C)([Si](c2cc(-c3cccc(C)c3)cc(-c3cccc(C)c3)c2)(c2cc(-c3cccc(C)c3)cc(-c3cccc(C)c3)c2)c2cc(-c3cccc(C)c3)cc(-c3cccc(C)c3)c2)C(C)=C1C. The second-order valence-electron chi connectivity index (χ2n) is 20.6. The molecule has 1 heteroatoms. The van der Waals surface area contributed by atoms with Gasteiger partial charge in [-0.25, -0.2) is 0 Å². The maximum atomic E-state index is 2.67. The minimum atomic E-state index is -3.46. The Balaban J connectivity index is 1.46. The first-order valence-corrected chi connectivity index (χ1v) is 27.0. The summed E-state index contributed by atoms with van der Waals surface area (Å²) in [5.41, 5.74) is 26.5. The summed E-state index contributed by atoms with van der Waals surface area (Å²) >= 11 is 0. The van der Waals surface area contributed by atoms with E-state index in [4.69, 9.17) is 0 Å². The molecule has 9 aromatic rings. The Morgan fingerprint density at radius 3 is 0.686 bits per heavy atom. The van der Waals surface area contributed by atoms with Crippen LogP contribution in [0.3, 0.4) is 0 Å². The monoisotopic (exact) mass is 920 g/mol. The summed E-state index contributed by atoms with van der Waals surface area (Å²) in [7, 11) is -3.46. The zero-order chi connectivity index (χ0) is 48.9. The predicted molar refractivity (Wildman–Crippen MR) is 306 cm³/mol. The first-order chi connectivity index (χ1) is 33.7. The van der Waals surface area contributed by atoms with E-state index >= 15 is 0 Å². The zero-order valence-electron chi connectivity index (χ0n) is 42.6. The van der Waals surface area contributed by atoms with Gasteiger partial charge in [0.1, 0.15) is 0 Å². The van der Waals surface area contributed by atoms with Gasteiger partial charge in [-0.05, 0) is 168 Å². The Morgan fingerprint density at radius 1 is 0.271 bits per heavy atom. The zero-order valence-corrected chi connectivity index (χ0v) is 43.6. The molecule has 0 saturated heterocycles. The third kappa shape index (κ3) is 8.58. The molecule has 0 fully saturated rings. The van der Waals surface area contributed by atoms with E-state index < -0.39 is 13.1 Å². The molecule has 0 bridgehead atoms. The molecule has 1 atom stereocenters. The summed E-state index contributed by atoms with van der Waals surface area (Å²) in [5, 5.41) is 3.74. The molecular weight excluding hydrogens is 857 g/mol. The van der Waals surface area contributed by atoms with Crippen LogP contribution in [0, 0.1) is 41.5 Å². The molecule has 70 heavy (non-hydrogen) atoms. The smallest absolute Gasteiger partial charge is 0.0730 e. The van der Waals surface area contributed by atoms with Crippen LogP contribution >= 0.6 is 0 Å². The van der Waals surface area contributed by atoms with Crippen molar-refractivity contribution in [3.63, 3.8) is 0 Å². The van der Waals surface area contributed by atoms with Crippen molar-refractivity contribution in [2.45, 2.75) is 74.3 Å². The van der Waals surface area contributed by atoms with Gasteiger partial charge in [-0.2, -0.15) is 0 Å². The molecule has 0 saturated carbocycles. The molecule has 1 unspecified atom stereocenters. The molecule has 10 rings (SSSR count). The number of rotatable bonds is 10. The fourth-order valence-corrected chi connectivity index (χ4v) is 17.8. The average molecular weight is 921 g/mol. The predicted octanol–water partition coefficient (Wildman–Crippen LogP) is 17.1. The molecule has 0 spiro atoms. The van der Waals surface area contributed by atoms with Crippen molar-refractivity contribution in [3.8, 4) is 66.8 Å². The van der Waals surface area contributed by atoms with E-state index in [9.17, 15) is 0 Å². The molecule has 0 nitrogen and oxygen atoms in total. The van der Waals surface area contributed by atoms with Crippen LogP contribution in [0.25, 0.3) is 66.8 Å². The molecule has 1 aliphatic carbocycles. The largest absolute Gasteiger partial charge is 0.161 e. The maximum Gasteiger partial charge on any atom is 0.161 e. The van der Waals surface area contributed by atoms with Crippen molar-refractivity contribution in [1.82, 2.24) is 0 Å². The Hall–Kier alpha value is -7.32. The first kappa shape index (κ1) is 46.4. The van der Waals surface area contributed by atoms with Gasteiger partial charge in [0.2, 0.25) is 0 Å². The molecule has 0 heterocycles. The normalized spacial score (nSPS) is 14.8. The van der Waals surface area contributed by atoms with E-state index in [1.807, 2.05) is 0 Å². The molecule has 344 valence electrons. The van der Waals surface area contributed by atoms with Crippen LogP contribution < -0.4 is 15.6 Å². The average Bonchev–Trinajstić information content (AvgIpc) is 3.55. The number of benzene rings is 9. The number of hydrogen-bond acceptors (Lipinski definition) is 0. The van der Waals surface area contributed by atoms with Crippen LogP contribution in [0.15, 0.2) is 223 Å². The van der Waals surface area contributed by atoms with Crippen molar-refractivity contribution in [3.05, 3.63) is 256 Å². The summed E-state index contributed by atoms with van der Waals surface area (Å²) in [6.45, 7) is 23.0. The van der Waals surface area contributed by atoms with E-state index in [0.717, 1.165) is 0 Å². The summed E-state index contributed by atoms with van der Waals surface area (Å²) in [4.78, 5) is 0. The quantitative estimate of drug-likeness (QED) is 0.0947. The Bertz CT molecular complexity index is 3030. The van der Waals surface area contributed by atoms with Crippen molar-refractivity contribution in [2.24, 2.45) is 0 Å². The van der Waals surface area contributed by atoms with Gasteiger partial charge >= 0.3 is 0 Å². The summed E-state index contributed by atoms with van der Waals surface area (Å²) in [5.74, 6) is 0. The van der Waals surface area contributed by atoms with Crippen LogP contribution in [-0.2, 0) is 0 Å². The Kier molecular flexibility index (Phi) is 12.3.